The van der Waals surface area contributed by atoms with Gasteiger partial charge in [0.1, 0.15) is 29.9 Å². The number of carbonyl (C=O) groups excluding carboxylic acids is 3. The highest BCUT2D eigenvalue weighted by molar-refractivity contribution is 7.09. The molecule has 46 heavy (non-hydrogen) atoms. The number of hydrogen-bond acceptors (Lipinski definition) is 9. The van der Waals surface area contributed by atoms with E-state index in [1.807, 2.05) is 0 Å². The lowest BCUT2D eigenvalue weighted by molar-refractivity contribution is -0.123. The van der Waals surface area contributed by atoms with Crippen molar-refractivity contribution in [2.75, 3.05) is 31.0 Å². The fraction of sp³-hybridized carbons (Fsp3) is 0.471. The van der Waals surface area contributed by atoms with Gasteiger partial charge in [-0.25, -0.2) is 0 Å². The predicted molar refractivity (Wildman–Crippen MR) is 176 cm³/mol. The minimum atomic E-state index is -1.08. The van der Waals surface area contributed by atoms with E-state index in [1.165, 1.54) is 4.90 Å². The third-order valence-electron chi connectivity index (χ3n) is 8.99. The van der Waals surface area contributed by atoms with E-state index in [2.05, 4.69) is 15.0 Å². The number of rotatable bonds is 9. The highest BCUT2D eigenvalue weighted by Crippen LogP contribution is 2.39. The summed E-state index contributed by atoms with van der Waals surface area (Å²) in [5.41, 5.74) is 7.52. The first-order valence-electron chi connectivity index (χ1n) is 16.2. The number of anilines is 2. The summed E-state index contributed by atoms with van der Waals surface area (Å²) in [4.78, 5) is 43.8. The quantitative estimate of drug-likeness (QED) is 0.280. The molecule has 0 spiro atoms. The van der Waals surface area contributed by atoms with Crippen LogP contribution >= 0.6 is 11.5 Å². The van der Waals surface area contributed by atoms with Gasteiger partial charge >= 0.3 is 0 Å². The molecule has 1 unspecified atom stereocenters. The Morgan fingerprint density at radius 1 is 0.891 bits per heavy atom. The number of fused-ring (bicyclic) bond motifs is 1. The predicted octanol–water partition coefficient (Wildman–Crippen LogP) is 5.40. The lowest BCUT2D eigenvalue weighted by Gasteiger charge is -2.34. The highest BCUT2D eigenvalue weighted by atomic mass is 32.1. The number of aromatic nitrogens is 1. The van der Waals surface area contributed by atoms with Gasteiger partial charge < -0.3 is 30.6 Å². The second-order valence-electron chi connectivity index (χ2n) is 12.1. The number of nitrogens with two attached hydrogens (primary N) is 1. The van der Waals surface area contributed by atoms with Crippen LogP contribution in [0.5, 0.6) is 17.2 Å². The maximum Gasteiger partial charge on any atom is 0.273 e. The van der Waals surface area contributed by atoms with Gasteiger partial charge in [-0.2, -0.15) is 4.37 Å². The van der Waals surface area contributed by atoms with Crippen molar-refractivity contribution in [2.24, 2.45) is 0 Å². The third kappa shape index (κ3) is 6.91. The number of methoxy groups -OCH3 is 1. The molecule has 2 aromatic carbocycles. The van der Waals surface area contributed by atoms with E-state index in [1.54, 1.807) is 49.6 Å². The standard InChI is InChI=1S/C34H41N5O6S/c1-43-25-15-12-21(13-16-25)30(33(41)37-23-10-6-3-7-11-23)39(24-14-17-26-27(20-24)45-19-18-44-26)34(42)31-28(35)29(38-46-31)32(40)36-22-8-4-2-5-9-22/h12-17,20,22-23,30H,2-11,18-19,35H2,1H3,(H,36,40)(H,37,41). The van der Waals surface area contributed by atoms with Gasteiger partial charge in [0, 0.05) is 23.8 Å². The molecule has 1 aliphatic heterocycles. The summed E-state index contributed by atoms with van der Waals surface area (Å²) < 4.78 is 21.3. The molecular weight excluding hydrogens is 606 g/mol. The van der Waals surface area contributed by atoms with Crippen LogP contribution in [-0.2, 0) is 4.79 Å². The molecule has 2 aliphatic carbocycles. The Morgan fingerprint density at radius 2 is 1.52 bits per heavy atom. The number of ether oxygens (including phenoxy) is 3. The Kier molecular flexibility index (Phi) is 9.91. The smallest absolute Gasteiger partial charge is 0.273 e. The van der Waals surface area contributed by atoms with E-state index in [4.69, 9.17) is 19.9 Å². The van der Waals surface area contributed by atoms with Crippen LogP contribution < -0.4 is 35.5 Å². The molecule has 2 saturated carbocycles. The third-order valence-corrected chi connectivity index (χ3v) is 9.84. The molecule has 2 heterocycles. The minimum absolute atomic E-state index is 0.00257. The number of nitrogens with zero attached hydrogens (tertiary/aromatic N) is 2. The van der Waals surface area contributed by atoms with Crippen molar-refractivity contribution in [1.29, 1.82) is 0 Å². The number of amides is 3. The Bertz CT molecular complexity index is 1550. The lowest BCUT2D eigenvalue weighted by atomic mass is 9.94. The summed E-state index contributed by atoms with van der Waals surface area (Å²) in [7, 11) is 1.57. The molecule has 1 atom stereocenters. The maximum absolute atomic E-state index is 14.7. The molecule has 0 bridgehead atoms. The monoisotopic (exact) mass is 647 g/mol. The van der Waals surface area contributed by atoms with Crippen molar-refractivity contribution in [1.82, 2.24) is 15.0 Å². The molecule has 6 rings (SSSR count). The molecule has 12 heteroatoms. The van der Waals surface area contributed by atoms with Crippen molar-refractivity contribution >= 4 is 40.6 Å². The van der Waals surface area contributed by atoms with Crippen molar-refractivity contribution < 1.29 is 28.6 Å². The number of nitrogen functional groups attached to an aromatic ring is 1. The van der Waals surface area contributed by atoms with Gasteiger partial charge in [-0.3, -0.25) is 19.3 Å². The Hall–Kier alpha value is -4.32. The molecule has 3 aromatic rings. The van der Waals surface area contributed by atoms with Gasteiger partial charge in [0.15, 0.2) is 17.2 Å². The first-order valence-corrected chi connectivity index (χ1v) is 16.9. The first kappa shape index (κ1) is 31.7. The molecule has 4 N–H and O–H groups in total. The van der Waals surface area contributed by atoms with Gasteiger partial charge in [-0.15, -0.1) is 0 Å². The van der Waals surface area contributed by atoms with Crippen LogP contribution in [0.4, 0.5) is 11.4 Å². The zero-order valence-electron chi connectivity index (χ0n) is 26.1. The van der Waals surface area contributed by atoms with Gasteiger partial charge in [-0.1, -0.05) is 50.7 Å². The van der Waals surface area contributed by atoms with Gasteiger partial charge in [0.25, 0.3) is 11.8 Å². The lowest BCUT2D eigenvalue weighted by Crippen LogP contribution is -2.47. The van der Waals surface area contributed by atoms with Crippen LogP contribution in [0.1, 0.15) is 96.0 Å². The maximum atomic E-state index is 14.7. The normalized spacial score (nSPS) is 17.5. The minimum Gasteiger partial charge on any atom is -0.497 e. The summed E-state index contributed by atoms with van der Waals surface area (Å²) >= 11 is 0.858. The Morgan fingerprint density at radius 3 is 2.17 bits per heavy atom. The van der Waals surface area contributed by atoms with Gasteiger partial charge in [0.2, 0.25) is 5.91 Å². The molecular formula is C34H41N5O6S. The van der Waals surface area contributed by atoms with E-state index >= 15 is 0 Å². The summed E-state index contributed by atoms with van der Waals surface area (Å²) in [6.45, 7) is 0.770. The first-order chi connectivity index (χ1) is 22.4. The molecule has 0 radical (unpaired) electrons. The molecule has 3 aliphatic rings. The van der Waals surface area contributed by atoms with Crippen LogP contribution in [0.25, 0.3) is 0 Å². The average Bonchev–Trinajstić information content (AvgIpc) is 3.48. The van der Waals surface area contributed by atoms with Crippen LogP contribution in [0.2, 0.25) is 0 Å². The average molecular weight is 648 g/mol. The number of carbonyl (C=O) groups is 3. The van der Waals surface area contributed by atoms with Crippen molar-refractivity contribution in [2.45, 2.75) is 82.3 Å². The van der Waals surface area contributed by atoms with Gasteiger partial charge in [0.05, 0.1) is 12.8 Å². The van der Waals surface area contributed by atoms with E-state index in [0.29, 0.717) is 41.7 Å². The van der Waals surface area contributed by atoms with Crippen molar-refractivity contribution in [3.63, 3.8) is 0 Å². The fourth-order valence-electron chi connectivity index (χ4n) is 6.52. The van der Waals surface area contributed by atoms with Crippen molar-refractivity contribution in [3.05, 3.63) is 58.6 Å². The fourth-order valence-corrected chi connectivity index (χ4v) is 7.26. The van der Waals surface area contributed by atoms with E-state index in [0.717, 1.165) is 75.7 Å². The zero-order valence-corrected chi connectivity index (χ0v) is 26.9. The van der Waals surface area contributed by atoms with E-state index in [9.17, 15) is 14.4 Å². The molecule has 0 saturated heterocycles. The second kappa shape index (κ2) is 14.4. The van der Waals surface area contributed by atoms with Crippen molar-refractivity contribution in [3.8, 4) is 17.2 Å². The number of hydrogen-bond donors (Lipinski definition) is 3. The Balaban J connectivity index is 1.40. The topological polar surface area (TPSA) is 145 Å². The SMILES string of the molecule is COc1ccc(C(C(=O)NC2CCCCC2)N(C(=O)c2snc(C(=O)NC3CCCCC3)c2N)c2ccc3c(c2)OCCO3)cc1. The zero-order chi connectivity index (χ0) is 32.0. The second-order valence-corrected chi connectivity index (χ2v) is 12.9. The van der Waals surface area contributed by atoms with Crippen LogP contribution in [-0.4, -0.2) is 54.5 Å². The summed E-state index contributed by atoms with van der Waals surface area (Å²) in [6.07, 6.45) is 10.0. The number of benzene rings is 2. The largest absolute Gasteiger partial charge is 0.497 e. The molecule has 3 amide bonds. The molecule has 2 fully saturated rings. The van der Waals surface area contributed by atoms with E-state index in [-0.39, 0.29) is 34.2 Å². The number of nitrogens with one attached hydrogen (secondary N) is 2. The molecule has 1 aromatic heterocycles. The summed E-state index contributed by atoms with van der Waals surface area (Å²) in [5.74, 6) is 0.364. The molecule has 244 valence electrons. The summed E-state index contributed by atoms with van der Waals surface area (Å²) in [6, 6.07) is 11.2. The van der Waals surface area contributed by atoms with Crippen LogP contribution in [0.3, 0.4) is 0 Å². The van der Waals surface area contributed by atoms with E-state index < -0.39 is 17.9 Å². The van der Waals surface area contributed by atoms with Crippen LogP contribution in [0, 0.1) is 0 Å². The Labute approximate surface area is 272 Å². The molecule has 11 nitrogen and oxygen atoms in total. The summed E-state index contributed by atoms with van der Waals surface area (Å²) in [5, 5.41) is 6.26. The van der Waals surface area contributed by atoms with Gasteiger partial charge in [-0.05, 0) is 67.0 Å². The highest BCUT2D eigenvalue weighted by Gasteiger charge is 2.38. The van der Waals surface area contributed by atoms with Crippen LogP contribution in [0.15, 0.2) is 42.5 Å².